The number of carbonyl (C=O) groups is 1. The summed E-state index contributed by atoms with van der Waals surface area (Å²) >= 11 is 7.29. The number of nitrogens with zero attached hydrogens (tertiary/aromatic N) is 3. The van der Waals surface area contributed by atoms with Crippen LogP contribution in [0.2, 0.25) is 5.02 Å². The van der Waals surface area contributed by atoms with Gasteiger partial charge >= 0.3 is 0 Å². The Kier molecular flexibility index (Phi) is 6.74. The normalized spacial score (nSPS) is 18.3. The van der Waals surface area contributed by atoms with Crippen molar-refractivity contribution in [1.82, 2.24) is 24.8 Å². The first-order valence-electron chi connectivity index (χ1n) is 8.48. The zero-order chi connectivity index (χ0) is 19.3. The van der Waals surface area contributed by atoms with E-state index in [-0.39, 0.29) is 23.3 Å². The fourth-order valence-electron chi connectivity index (χ4n) is 2.86. The van der Waals surface area contributed by atoms with Crippen molar-refractivity contribution < 1.29 is 13.2 Å². The highest BCUT2D eigenvalue weighted by Crippen LogP contribution is 2.25. The van der Waals surface area contributed by atoms with E-state index < -0.39 is 10.0 Å². The largest absolute Gasteiger partial charge is 0.355 e. The molecule has 1 aliphatic rings. The average molecular weight is 430 g/mol. The van der Waals surface area contributed by atoms with Gasteiger partial charge in [-0.1, -0.05) is 23.4 Å². The van der Waals surface area contributed by atoms with Gasteiger partial charge in [-0.25, -0.2) is 13.4 Å². The second kappa shape index (κ2) is 9.05. The van der Waals surface area contributed by atoms with Gasteiger partial charge in [0.15, 0.2) is 5.16 Å². The molecular weight excluding hydrogens is 410 g/mol. The standard InChI is InChI=1S/C16H20ClN5O3S2/c17-13-3-5-14(6-4-13)27(24,25)22-8-1-2-12(10-22)15(23)18-7-9-26-16-19-11-20-21-16/h3-6,11-12H,1-2,7-10H2,(H,18,23)(H,19,20,21)/t12-/m0/s1. The van der Waals surface area contributed by atoms with Gasteiger partial charge in [0.25, 0.3) is 0 Å². The van der Waals surface area contributed by atoms with E-state index in [1.807, 2.05) is 0 Å². The summed E-state index contributed by atoms with van der Waals surface area (Å²) in [6, 6.07) is 6.08. The van der Waals surface area contributed by atoms with Crippen LogP contribution in [-0.2, 0) is 14.8 Å². The second-order valence-electron chi connectivity index (χ2n) is 6.09. The number of H-pyrrole nitrogens is 1. The number of thioether (sulfide) groups is 1. The third-order valence-corrected chi connectivity index (χ3v) is 7.25. The first-order chi connectivity index (χ1) is 13.0. The lowest BCUT2D eigenvalue weighted by Crippen LogP contribution is -2.45. The van der Waals surface area contributed by atoms with Crippen molar-refractivity contribution in [3.05, 3.63) is 35.6 Å². The molecule has 0 aliphatic carbocycles. The Bertz CT molecular complexity index is 859. The SMILES string of the molecule is O=C(NCCSc1ncn[nH]1)[C@H]1CCCN(S(=O)(=O)c2ccc(Cl)cc2)C1. The van der Waals surface area contributed by atoms with E-state index >= 15 is 0 Å². The number of piperidine rings is 1. The van der Waals surface area contributed by atoms with Crippen LogP contribution in [0.1, 0.15) is 12.8 Å². The molecule has 1 atom stereocenters. The van der Waals surface area contributed by atoms with Crippen LogP contribution in [0.3, 0.4) is 0 Å². The van der Waals surface area contributed by atoms with Gasteiger partial charge in [0, 0.05) is 30.4 Å². The van der Waals surface area contributed by atoms with E-state index in [2.05, 4.69) is 20.5 Å². The Morgan fingerprint density at radius 3 is 2.85 bits per heavy atom. The maximum absolute atomic E-state index is 12.8. The van der Waals surface area contributed by atoms with Crippen LogP contribution in [0.15, 0.2) is 40.6 Å². The molecule has 2 heterocycles. The van der Waals surface area contributed by atoms with Gasteiger partial charge in [-0.05, 0) is 37.1 Å². The van der Waals surface area contributed by atoms with Crippen molar-refractivity contribution in [2.24, 2.45) is 5.92 Å². The molecule has 0 unspecified atom stereocenters. The second-order valence-corrected chi connectivity index (χ2v) is 9.54. The number of carbonyl (C=O) groups excluding carboxylic acids is 1. The number of aromatic amines is 1. The van der Waals surface area contributed by atoms with Gasteiger partial charge in [0.2, 0.25) is 15.9 Å². The number of amides is 1. The fraction of sp³-hybridized carbons (Fsp3) is 0.438. The van der Waals surface area contributed by atoms with E-state index in [4.69, 9.17) is 11.6 Å². The van der Waals surface area contributed by atoms with Crippen LogP contribution >= 0.6 is 23.4 Å². The third-order valence-electron chi connectivity index (χ3n) is 4.24. The van der Waals surface area contributed by atoms with E-state index in [0.29, 0.717) is 41.9 Å². The quantitative estimate of drug-likeness (QED) is 0.513. The molecule has 1 aliphatic heterocycles. The van der Waals surface area contributed by atoms with Gasteiger partial charge in [-0.3, -0.25) is 9.89 Å². The molecule has 0 radical (unpaired) electrons. The Balaban J connectivity index is 1.53. The van der Waals surface area contributed by atoms with Crippen LogP contribution in [0.25, 0.3) is 0 Å². The van der Waals surface area contributed by atoms with Gasteiger partial charge in [0.1, 0.15) is 6.33 Å². The summed E-state index contributed by atoms with van der Waals surface area (Å²) < 4.78 is 27.0. The topological polar surface area (TPSA) is 108 Å². The summed E-state index contributed by atoms with van der Waals surface area (Å²) in [4.78, 5) is 16.6. The summed E-state index contributed by atoms with van der Waals surface area (Å²) in [6.45, 7) is 1.08. The Hall–Kier alpha value is -1.62. The lowest BCUT2D eigenvalue weighted by atomic mass is 9.99. The summed E-state index contributed by atoms with van der Waals surface area (Å²) in [7, 11) is -3.63. The molecule has 0 spiro atoms. The van der Waals surface area contributed by atoms with Gasteiger partial charge in [-0.2, -0.15) is 9.40 Å². The molecule has 1 aromatic carbocycles. The molecule has 2 aromatic rings. The van der Waals surface area contributed by atoms with Crippen molar-refractivity contribution in [2.75, 3.05) is 25.4 Å². The predicted molar refractivity (Wildman–Crippen MR) is 103 cm³/mol. The van der Waals surface area contributed by atoms with Crippen molar-refractivity contribution in [2.45, 2.75) is 22.9 Å². The molecule has 1 fully saturated rings. The smallest absolute Gasteiger partial charge is 0.243 e. The Morgan fingerprint density at radius 2 is 2.15 bits per heavy atom. The van der Waals surface area contributed by atoms with E-state index in [1.54, 1.807) is 12.1 Å². The zero-order valence-electron chi connectivity index (χ0n) is 14.5. The maximum Gasteiger partial charge on any atom is 0.243 e. The number of hydrogen-bond donors (Lipinski definition) is 2. The fourth-order valence-corrected chi connectivity index (χ4v) is 5.15. The summed E-state index contributed by atoms with van der Waals surface area (Å²) in [5.74, 6) is 0.181. The summed E-state index contributed by atoms with van der Waals surface area (Å²) in [5, 5.41) is 10.5. The molecule has 0 bridgehead atoms. The average Bonchev–Trinajstić information content (AvgIpc) is 3.19. The molecule has 2 N–H and O–H groups in total. The first-order valence-corrected chi connectivity index (χ1v) is 11.3. The van der Waals surface area contributed by atoms with E-state index in [9.17, 15) is 13.2 Å². The maximum atomic E-state index is 12.8. The molecule has 27 heavy (non-hydrogen) atoms. The number of sulfonamides is 1. The van der Waals surface area contributed by atoms with Crippen LogP contribution < -0.4 is 5.32 Å². The number of aromatic nitrogens is 3. The number of benzene rings is 1. The van der Waals surface area contributed by atoms with Crippen molar-refractivity contribution in [3.63, 3.8) is 0 Å². The lowest BCUT2D eigenvalue weighted by molar-refractivity contribution is -0.125. The number of hydrogen-bond acceptors (Lipinski definition) is 6. The van der Waals surface area contributed by atoms with Crippen LogP contribution in [0.5, 0.6) is 0 Å². The lowest BCUT2D eigenvalue weighted by Gasteiger charge is -2.31. The van der Waals surface area contributed by atoms with Crippen LogP contribution in [0, 0.1) is 5.92 Å². The highest BCUT2D eigenvalue weighted by Gasteiger charge is 2.33. The molecule has 11 heteroatoms. The van der Waals surface area contributed by atoms with Crippen molar-refractivity contribution in [3.8, 4) is 0 Å². The molecule has 0 saturated carbocycles. The summed E-state index contributed by atoms with van der Waals surface area (Å²) in [5.41, 5.74) is 0. The van der Waals surface area contributed by atoms with Crippen molar-refractivity contribution >= 4 is 39.3 Å². The van der Waals surface area contributed by atoms with Gasteiger partial charge < -0.3 is 5.32 Å². The zero-order valence-corrected chi connectivity index (χ0v) is 16.9. The molecule has 3 rings (SSSR count). The highest BCUT2D eigenvalue weighted by atomic mass is 35.5. The monoisotopic (exact) mass is 429 g/mol. The first kappa shape index (κ1) is 20.1. The Morgan fingerprint density at radius 1 is 1.37 bits per heavy atom. The molecule has 1 saturated heterocycles. The predicted octanol–water partition coefficient (Wildman–Crippen LogP) is 1.77. The molecule has 146 valence electrons. The highest BCUT2D eigenvalue weighted by molar-refractivity contribution is 7.99. The van der Waals surface area contributed by atoms with E-state index in [1.165, 1.54) is 34.5 Å². The third kappa shape index (κ3) is 5.22. The minimum atomic E-state index is -3.63. The Labute approximate surface area is 167 Å². The van der Waals surface area contributed by atoms with Crippen LogP contribution in [0.4, 0.5) is 0 Å². The van der Waals surface area contributed by atoms with E-state index in [0.717, 1.165) is 0 Å². The van der Waals surface area contributed by atoms with Gasteiger partial charge in [-0.15, -0.1) is 0 Å². The van der Waals surface area contributed by atoms with Crippen LogP contribution in [-0.4, -0.2) is 59.2 Å². The van der Waals surface area contributed by atoms with Gasteiger partial charge in [0.05, 0.1) is 10.8 Å². The number of halogens is 1. The van der Waals surface area contributed by atoms with Crippen molar-refractivity contribution in [1.29, 1.82) is 0 Å². The molecular formula is C16H20ClN5O3S2. The summed E-state index contributed by atoms with van der Waals surface area (Å²) in [6.07, 6.45) is 2.75. The minimum absolute atomic E-state index is 0.121. The molecule has 1 amide bonds. The number of nitrogens with one attached hydrogen (secondary N) is 2. The number of rotatable bonds is 7. The minimum Gasteiger partial charge on any atom is -0.355 e. The molecule has 8 nitrogen and oxygen atoms in total. The molecule has 1 aromatic heterocycles.